The van der Waals surface area contributed by atoms with E-state index in [-0.39, 0.29) is 31.1 Å². The summed E-state index contributed by atoms with van der Waals surface area (Å²) in [5.74, 6) is -2.23. The molecule has 7 heteroatoms. The number of amides is 2. The Kier molecular flexibility index (Phi) is 5.23. The summed E-state index contributed by atoms with van der Waals surface area (Å²) in [5.41, 5.74) is 0. The van der Waals surface area contributed by atoms with Gasteiger partial charge < -0.3 is 9.47 Å². The van der Waals surface area contributed by atoms with E-state index in [9.17, 15) is 19.2 Å². The summed E-state index contributed by atoms with van der Waals surface area (Å²) in [7, 11) is 1.18. The average molecular weight is 269 g/mol. The molecule has 1 unspecified atom stereocenters. The molecule has 19 heavy (non-hydrogen) atoms. The van der Waals surface area contributed by atoms with Gasteiger partial charge in [0.1, 0.15) is 0 Å². The van der Waals surface area contributed by atoms with Gasteiger partial charge in [0.15, 0.2) is 6.23 Å². The summed E-state index contributed by atoms with van der Waals surface area (Å²) in [6.07, 6.45) is 1.41. The van der Waals surface area contributed by atoms with E-state index in [1.54, 1.807) is 6.92 Å². The molecule has 104 valence electrons. The van der Waals surface area contributed by atoms with Gasteiger partial charge in [0.05, 0.1) is 7.11 Å². The van der Waals surface area contributed by atoms with Crippen LogP contribution in [0.2, 0.25) is 0 Å². The van der Waals surface area contributed by atoms with E-state index in [0.29, 0.717) is 0 Å². The Morgan fingerprint density at radius 1 is 1.21 bits per heavy atom. The lowest BCUT2D eigenvalue weighted by Gasteiger charge is -2.24. The number of hydrogen-bond donors (Lipinski definition) is 0. The van der Waals surface area contributed by atoms with Crippen LogP contribution in [0.3, 0.4) is 0 Å². The van der Waals surface area contributed by atoms with Crippen LogP contribution >= 0.6 is 0 Å². The highest BCUT2D eigenvalue weighted by atomic mass is 16.6. The molecule has 7 nitrogen and oxygen atoms in total. The van der Waals surface area contributed by atoms with Gasteiger partial charge in [-0.1, -0.05) is 6.92 Å². The number of carbonyl (C=O) groups excluding carboxylic acids is 4. The molecule has 0 bridgehead atoms. The second kappa shape index (κ2) is 6.67. The van der Waals surface area contributed by atoms with Gasteiger partial charge in [-0.05, 0) is 0 Å². The second-order valence-electron chi connectivity index (χ2n) is 3.81. The number of rotatable bonds is 5. The number of nitrogens with zero attached hydrogens (tertiary/aromatic N) is 1. The van der Waals surface area contributed by atoms with E-state index in [0.717, 1.165) is 17.1 Å². The van der Waals surface area contributed by atoms with E-state index in [4.69, 9.17) is 4.74 Å². The maximum atomic E-state index is 11.5. The summed E-state index contributed by atoms with van der Waals surface area (Å²) in [5, 5.41) is 0. The monoisotopic (exact) mass is 269 g/mol. The molecular weight excluding hydrogens is 254 g/mol. The average Bonchev–Trinajstić information content (AvgIpc) is 2.73. The molecule has 1 saturated heterocycles. The van der Waals surface area contributed by atoms with Crippen LogP contribution in [-0.2, 0) is 28.7 Å². The molecular formula is C12H15NO6. The van der Waals surface area contributed by atoms with Crippen LogP contribution in [0.1, 0.15) is 26.2 Å². The standard InChI is InChI=1S/C12H15NO6/c1-3-10(13-8(14)4-5-9(13)15)19-12(17)7-6-11(16)18-2/h6-7,10H,3-5H2,1-2H3/b7-6+. The molecule has 0 radical (unpaired) electrons. The molecule has 0 aromatic carbocycles. The number of carbonyl (C=O) groups is 4. The third-order valence-electron chi connectivity index (χ3n) is 2.54. The fourth-order valence-electron chi connectivity index (χ4n) is 1.61. The Bertz CT molecular complexity index is 412. The zero-order valence-electron chi connectivity index (χ0n) is 10.8. The maximum absolute atomic E-state index is 11.5. The number of ether oxygens (including phenoxy) is 2. The highest BCUT2D eigenvalue weighted by molar-refractivity contribution is 6.02. The van der Waals surface area contributed by atoms with E-state index >= 15 is 0 Å². The van der Waals surface area contributed by atoms with E-state index in [1.807, 2.05) is 0 Å². The zero-order chi connectivity index (χ0) is 14.4. The summed E-state index contributed by atoms with van der Waals surface area (Å²) in [4.78, 5) is 46.2. The number of methoxy groups -OCH3 is 1. The largest absolute Gasteiger partial charge is 0.466 e. The zero-order valence-corrected chi connectivity index (χ0v) is 10.8. The molecule has 1 aliphatic rings. The lowest BCUT2D eigenvalue weighted by molar-refractivity contribution is -0.164. The minimum atomic E-state index is -0.933. The van der Waals surface area contributed by atoms with Gasteiger partial charge in [0.2, 0.25) is 11.8 Å². The van der Waals surface area contributed by atoms with Crippen LogP contribution in [0, 0.1) is 0 Å². The van der Waals surface area contributed by atoms with Crippen LogP contribution in [0.25, 0.3) is 0 Å². The molecule has 0 spiro atoms. The van der Waals surface area contributed by atoms with Gasteiger partial charge in [-0.25, -0.2) is 14.5 Å². The minimum absolute atomic E-state index is 0.130. The van der Waals surface area contributed by atoms with Gasteiger partial charge in [-0.15, -0.1) is 0 Å². The van der Waals surface area contributed by atoms with Crippen molar-refractivity contribution in [3.8, 4) is 0 Å². The summed E-state index contributed by atoms with van der Waals surface area (Å²) < 4.78 is 9.28. The van der Waals surface area contributed by atoms with Crippen LogP contribution in [0.15, 0.2) is 12.2 Å². The number of esters is 2. The second-order valence-corrected chi connectivity index (χ2v) is 3.81. The number of imide groups is 1. The van der Waals surface area contributed by atoms with Crippen LogP contribution in [0.5, 0.6) is 0 Å². The lowest BCUT2D eigenvalue weighted by atomic mass is 10.3. The summed E-state index contributed by atoms with van der Waals surface area (Å²) in [6, 6.07) is 0. The summed E-state index contributed by atoms with van der Waals surface area (Å²) in [6.45, 7) is 1.68. The molecule has 1 rings (SSSR count). The predicted octanol–water partition coefficient (Wildman–Crippen LogP) is 0.144. The fraction of sp³-hybridized carbons (Fsp3) is 0.500. The first kappa shape index (κ1) is 14.9. The molecule has 1 aliphatic heterocycles. The van der Waals surface area contributed by atoms with Crippen molar-refractivity contribution in [3.05, 3.63) is 12.2 Å². The highest BCUT2D eigenvalue weighted by Gasteiger charge is 2.35. The van der Waals surface area contributed by atoms with Crippen molar-refractivity contribution >= 4 is 23.8 Å². The van der Waals surface area contributed by atoms with Crippen molar-refractivity contribution in [2.24, 2.45) is 0 Å². The lowest BCUT2D eigenvalue weighted by Crippen LogP contribution is -2.41. The SMILES string of the molecule is CCC(OC(=O)/C=C/C(=O)OC)N1C(=O)CCC1=O. The third kappa shape index (κ3) is 3.90. The molecule has 0 aromatic rings. The molecule has 0 saturated carbocycles. The van der Waals surface area contributed by atoms with E-state index in [2.05, 4.69) is 4.74 Å². The van der Waals surface area contributed by atoms with Crippen molar-refractivity contribution in [2.45, 2.75) is 32.4 Å². The van der Waals surface area contributed by atoms with E-state index < -0.39 is 18.2 Å². The van der Waals surface area contributed by atoms with Crippen molar-refractivity contribution < 1.29 is 28.7 Å². The topological polar surface area (TPSA) is 90.0 Å². The molecule has 1 atom stereocenters. The normalized spacial score (nSPS) is 16.8. The minimum Gasteiger partial charge on any atom is -0.466 e. The Labute approximate surface area is 110 Å². The fourth-order valence-corrected chi connectivity index (χ4v) is 1.61. The van der Waals surface area contributed by atoms with E-state index in [1.165, 1.54) is 7.11 Å². The molecule has 1 heterocycles. The van der Waals surface area contributed by atoms with Gasteiger partial charge >= 0.3 is 11.9 Å². The quantitative estimate of drug-likeness (QED) is 0.401. The summed E-state index contributed by atoms with van der Waals surface area (Å²) >= 11 is 0. The molecule has 0 N–H and O–H groups in total. The third-order valence-corrected chi connectivity index (χ3v) is 2.54. The van der Waals surface area contributed by atoms with Gasteiger partial charge in [-0.2, -0.15) is 0 Å². The molecule has 0 aliphatic carbocycles. The van der Waals surface area contributed by atoms with Gasteiger partial charge in [0.25, 0.3) is 0 Å². The highest BCUT2D eigenvalue weighted by Crippen LogP contribution is 2.18. The molecule has 1 fully saturated rings. The first-order chi connectivity index (χ1) is 8.99. The van der Waals surface area contributed by atoms with Crippen LogP contribution < -0.4 is 0 Å². The van der Waals surface area contributed by atoms with Gasteiger partial charge in [-0.3, -0.25) is 9.59 Å². The Balaban J connectivity index is 2.64. The van der Waals surface area contributed by atoms with Crippen LogP contribution in [-0.4, -0.2) is 42.0 Å². The van der Waals surface area contributed by atoms with Crippen molar-refractivity contribution in [1.29, 1.82) is 0 Å². The smallest absolute Gasteiger partial charge is 0.332 e. The number of hydrogen-bond acceptors (Lipinski definition) is 6. The molecule has 2 amide bonds. The van der Waals surface area contributed by atoms with Crippen LogP contribution in [0.4, 0.5) is 0 Å². The Hall–Kier alpha value is -2.18. The first-order valence-corrected chi connectivity index (χ1v) is 5.81. The number of likely N-dealkylation sites (tertiary alicyclic amines) is 1. The Morgan fingerprint density at radius 3 is 2.21 bits per heavy atom. The Morgan fingerprint density at radius 2 is 1.74 bits per heavy atom. The van der Waals surface area contributed by atoms with Gasteiger partial charge in [0, 0.05) is 31.4 Å². The first-order valence-electron chi connectivity index (χ1n) is 5.81. The van der Waals surface area contributed by atoms with Crippen molar-refractivity contribution in [1.82, 2.24) is 4.90 Å². The predicted molar refractivity (Wildman–Crippen MR) is 62.4 cm³/mol. The molecule has 0 aromatic heterocycles. The maximum Gasteiger partial charge on any atom is 0.332 e. The van der Waals surface area contributed by atoms with Crippen molar-refractivity contribution in [3.63, 3.8) is 0 Å². The van der Waals surface area contributed by atoms with Crippen molar-refractivity contribution in [2.75, 3.05) is 7.11 Å².